The Hall–Kier alpha value is -2.28. The highest BCUT2D eigenvalue weighted by atomic mass is 19.4. The number of aliphatic hydroxyl groups is 1. The van der Waals surface area contributed by atoms with Gasteiger partial charge in [0.1, 0.15) is 17.2 Å². The molecule has 0 aliphatic carbocycles. The molecule has 3 rings (SSSR count). The number of ether oxygens (including phenoxy) is 1. The zero-order chi connectivity index (χ0) is 17.6. The summed E-state index contributed by atoms with van der Waals surface area (Å²) in [5, 5.41) is 7.00. The number of nitrogens with zero attached hydrogens (tertiary/aromatic N) is 2. The molecule has 1 aromatic carbocycles. The lowest BCUT2D eigenvalue weighted by Gasteiger charge is -2.18. The molecule has 2 heterocycles. The number of aliphatic hydroxyl groups excluding tert-OH is 1. The SMILES string of the molecule is CO.FC(F)(F)c1ccc(Oc2cccc(N3CCCC3)c2)cn1. The van der Waals surface area contributed by atoms with Gasteiger partial charge in [0.15, 0.2) is 0 Å². The zero-order valence-electron chi connectivity index (χ0n) is 13.3. The zero-order valence-corrected chi connectivity index (χ0v) is 13.3. The third kappa shape index (κ3) is 4.61. The van der Waals surface area contributed by atoms with Gasteiger partial charge in [-0.25, -0.2) is 4.98 Å². The Balaban J connectivity index is 0.00000100. The van der Waals surface area contributed by atoms with E-state index in [0.717, 1.165) is 38.1 Å². The van der Waals surface area contributed by atoms with Crippen molar-refractivity contribution in [3.05, 3.63) is 48.3 Å². The van der Waals surface area contributed by atoms with Crippen molar-refractivity contribution < 1.29 is 23.0 Å². The maximum atomic E-state index is 12.5. The topological polar surface area (TPSA) is 45.6 Å². The molecule has 2 aromatic rings. The van der Waals surface area contributed by atoms with E-state index in [-0.39, 0.29) is 5.75 Å². The smallest absolute Gasteiger partial charge is 0.433 e. The van der Waals surface area contributed by atoms with Gasteiger partial charge >= 0.3 is 6.18 Å². The van der Waals surface area contributed by atoms with Crippen LogP contribution in [0, 0.1) is 0 Å². The van der Waals surface area contributed by atoms with Gasteiger partial charge in [-0.3, -0.25) is 0 Å². The van der Waals surface area contributed by atoms with Crippen LogP contribution in [0.4, 0.5) is 18.9 Å². The second-order valence-electron chi connectivity index (χ2n) is 5.17. The average Bonchev–Trinajstić information content (AvgIpc) is 3.11. The van der Waals surface area contributed by atoms with Crippen LogP contribution in [-0.4, -0.2) is 30.3 Å². The van der Waals surface area contributed by atoms with Crippen LogP contribution in [0.2, 0.25) is 0 Å². The minimum Gasteiger partial charge on any atom is -0.456 e. The number of anilines is 1. The van der Waals surface area contributed by atoms with E-state index >= 15 is 0 Å². The lowest BCUT2D eigenvalue weighted by atomic mass is 10.2. The monoisotopic (exact) mass is 340 g/mol. The Morgan fingerprint density at radius 1 is 1.04 bits per heavy atom. The van der Waals surface area contributed by atoms with Crippen LogP contribution in [0.1, 0.15) is 18.5 Å². The van der Waals surface area contributed by atoms with Gasteiger partial charge in [0.2, 0.25) is 0 Å². The van der Waals surface area contributed by atoms with Crippen LogP contribution >= 0.6 is 0 Å². The molecule has 0 spiro atoms. The quantitative estimate of drug-likeness (QED) is 0.914. The van der Waals surface area contributed by atoms with Gasteiger partial charge in [-0.05, 0) is 37.1 Å². The minimum absolute atomic E-state index is 0.284. The lowest BCUT2D eigenvalue weighted by molar-refractivity contribution is -0.141. The first-order valence-electron chi connectivity index (χ1n) is 7.53. The number of alkyl halides is 3. The molecule has 1 aromatic heterocycles. The van der Waals surface area contributed by atoms with Gasteiger partial charge in [0.05, 0.1) is 6.20 Å². The highest BCUT2D eigenvalue weighted by Gasteiger charge is 2.32. The third-order valence-electron chi connectivity index (χ3n) is 3.55. The predicted molar refractivity (Wildman–Crippen MR) is 85.3 cm³/mol. The van der Waals surface area contributed by atoms with Crippen molar-refractivity contribution >= 4 is 5.69 Å². The first kappa shape index (κ1) is 18.1. The van der Waals surface area contributed by atoms with E-state index < -0.39 is 11.9 Å². The molecule has 4 nitrogen and oxygen atoms in total. The molecule has 0 radical (unpaired) electrons. The number of hydrogen-bond acceptors (Lipinski definition) is 4. The van der Waals surface area contributed by atoms with Crippen LogP contribution in [0.25, 0.3) is 0 Å². The molecule has 1 aliphatic rings. The van der Waals surface area contributed by atoms with Crippen LogP contribution < -0.4 is 9.64 Å². The number of halogens is 3. The second-order valence-corrected chi connectivity index (χ2v) is 5.17. The van der Waals surface area contributed by atoms with Gasteiger partial charge in [0.25, 0.3) is 0 Å². The fourth-order valence-electron chi connectivity index (χ4n) is 2.46. The van der Waals surface area contributed by atoms with E-state index in [0.29, 0.717) is 5.75 Å². The number of rotatable bonds is 3. The highest BCUT2D eigenvalue weighted by molar-refractivity contribution is 5.52. The molecule has 0 amide bonds. The largest absolute Gasteiger partial charge is 0.456 e. The van der Waals surface area contributed by atoms with Gasteiger partial charge in [0, 0.05) is 32.0 Å². The molecular formula is C17H19F3N2O2. The van der Waals surface area contributed by atoms with E-state index in [1.165, 1.54) is 18.9 Å². The molecule has 1 N–H and O–H groups in total. The van der Waals surface area contributed by atoms with Crippen LogP contribution in [-0.2, 0) is 6.18 Å². The number of benzene rings is 1. The maximum absolute atomic E-state index is 12.5. The van der Waals surface area contributed by atoms with Crippen molar-refractivity contribution in [3.63, 3.8) is 0 Å². The molecule has 0 bridgehead atoms. The van der Waals surface area contributed by atoms with Gasteiger partial charge in [-0.1, -0.05) is 6.07 Å². The maximum Gasteiger partial charge on any atom is 0.433 e. The normalized spacial score (nSPS) is 14.1. The van der Waals surface area contributed by atoms with Crippen molar-refractivity contribution in [1.29, 1.82) is 0 Å². The summed E-state index contributed by atoms with van der Waals surface area (Å²) in [7, 11) is 1.00. The standard InChI is InChI=1S/C16H15F3N2O.CH4O/c17-16(18,19)15-7-6-14(11-20-15)22-13-5-3-4-12(10-13)21-8-1-2-9-21;1-2/h3-7,10-11H,1-2,8-9H2;2H,1H3. The Bertz CT molecular complexity index is 639. The number of pyridine rings is 1. The van der Waals surface area contributed by atoms with Crippen molar-refractivity contribution in [3.8, 4) is 11.5 Å². The fourth-order valence-corrected chi connectivity index (χ4v) is 2.46. The first-order valence-corrected chi connectivity index (χ1v) is 7.53. The van der Waals surface area contributed by atoms with Crippen molar-refractivity contribution in [2.24, 2.45) is 0 Å². The Labute approximate surface area is 138 Å². The summed E-state index contributed by atoms with van der Waals surface area (Å²) in [6.07, 6.45) is -0.999. The van der Waals surface area contributed by atoms with E-state index in [1.54, 1.807) is 6.07 Å². The third-order valence-corrected chi connectivity index (χ3v) is 3.55. The summed E-state index contributed by atoms with van der Waals surface area (Å²) in [4.78, 5) is 5.65. The number of hydrogen-bond donors (Lipinski definition) is 1. The van der Waals surface area contributed by atoms with E-state index in [2.05, 4.69) is 9.88 Å². The van der Waals surface area contributed by atoms with Gasteiger partial charge in [-0.15, -0.1) is 0 Å². The van der Waals surface area contributed by atoms with Crippen LogP contribution in [0.5, 0.6) is 11.5 Å². The Morgan fingerprint density at radius 3 is 2.33 bits per heavy atom. The molecule has 7 heteroatoms. The fraction of sp³-hybridized carbons (Fsp3) is 0.353. The summed E-state index contributed by atoms with van der Waals surface area (Å²) in [5.74, 6) is 0.873. The first-order chi connectivity index (χ1) is 11.5. The molecule has 130 valence electrons. The average molecular weight is 340 g/mol. The predicted octanol–water partition coefficient (Wildman–Crippen LogP) is 4.10. The van der Waals surface area contributed by atoms with Crippen LogP contribution in [0.3, 0.4) is 0 Å². The number of aromatic nitrogens is 1. The van der Waals surface area contributed by atoms with E-state index in [9.17, 15) is 13.2 Å². The van der Waals surface area contributed by atoms with Crippen molar-refractivity contribution in [2.75, 3.05) is 25.1 Å². The summed E-state index contributed by atoms with van der Waals surface area (Å²) in [6, 6.07) is 9.74. The van der Waals surface area contributed by atoms with Crippen molar-refractivity contribution in [1.82, 2.24) is 4.98 Å². The van der Waals surface area contributed by atoms with Crippen LogP contribution in [0.15, 0.2) is 42.6 Å². The summed E-state index contributed by atoms with van der Waals surface area (Å²) < 4.78 is 43.0. The molecule has 1 saturated heterocycles. The summed E-state index contributed by atoms with van der Waals surface area (Å²) >= 11 is 0. The molecular weight excluding hydrogens is 321 g/mol. The second kappa shape index (κ2) is 8.01. The van der Waals surface area contributed by atoms with E-state index in [1.807, 2.05) is 18.2 Å². The van der Waals surface area contributed by atoms with Gasteiger partial charge in [-0.2, -0.15) is 13.2 Å². The Kier molecular flexibility index (Phi) is 6.03. The highest BCUT2D eigenvalue weighted by Crippen LogP contribution is 2.30. The molecule has 0 atom stereocenters. The molecule has 0 saturated carbocycles. The summed E-state index contributed by atoms with van der Waals surface area (Å²) in [6.45, 7) is 2.04. The molecule has 1 aliphatic heterocycles. The van der Waals surface area contributed by atoms with Gasteiger partial charge < -0.3 is 14.7 Å². The lowest BCUT2D eigenvalue weighted by Crippen LogP contribution is -2.17. The Morgan fingerprint density at radius 2 is 1.75 bits per heavy atom. The molecule has 0 unspecified atom stereocenters. The molecule has 1 fully saturated rings. The van der Waals surface area contributed by atoms with E-state index in [4.69, 9.17) is 9.84 Å². The summed E-state index contributed by atoms with van der Waals surface area (Å²) in [5.41, 5.74) is 0.139. The minimum atomic E-state index is -4.44. The molecule has 24 heavy (non-hydrogen) atoms. The van der Waals surface area contributed by atoms with Crippen molar-refractivity contribution in [2.45, 2.75) is 19.0 Å².